The van der Waals surface area contributed by atoms with E-state index in [1.165, 1.54) is 5.56 Å². The Balaban J connectivity index is 0.00000320. The molecule has 0 radical (unpaired) electrons. The first kappa shape index (κ1) is 24.2. The molecule has 160 valence electrons. The van der Waals surface area contributed by atoms with Crippen molar-refractivity contribution in [2.45, 2.75) is 12.0 Å². The highest BCUT2D eigenvalue weighted by Crippen LogP contribution is 2.40. The van der Waals surface area contributed by atoms with Gasteiger partial charge in [-0.3, -0.25) is 0 Å². The van der Waals surface area contributed by atoms with Crippen LogP contribution in [0.5, 0.6) is 5.75 Å². The number of hydrogen-bond acceptors (Lipinski definition) is 3. The molecule has 0 unspecified atom stereocenters. The summed E-state index contributed by atoms with van der Waals surface area (Å²) in [6, 6.07) is 25.5. The van der Waals surface area contributed by atoms with Gasteiger partial charge in [-0.2, -0.15) is 0 Å². The third-order valence-electron chi connectivity index (χ3n) is 5.30. The van der Waals surface area contributed by atoms with Crippen molar-refractivity contribution < 1.29 is 9.84 Å². The van der Waals surface area contributed by atoms with Crippen molar-refractivity contribution in [3.05, 3.63) is 101 Å². The van der Waals surface area contributed by atoms with Crippen molar-refractivity contribution in [3.8, 4) is 5.75 Å². The summed E-state index contributed by atoms with van der Waals surface area (Å²) in [5.41, 5.74) is 1.61. The molecule has 3 nitrogen and oxygen atoms in total. The third kappa shape index (κ3) is 5.55. The monoisotopic (exact) mass is 445 g/mol. The minimum Gasteiger partial charge on any atom is -0.497 e. The molecule has 0 bridgehead atoms. The number of ether oxygens (including phenoxy) is 1. The zero-order valence-electron chi connectivity index (χ0n) is 17.6. The largest absolute Gasteiger partial charge is 0.497 e. The van der Waals surface area contributed by atoms with Gasteiger partial charge in [0.15, 0.2) is 0 Å². The van der Waals surface area contributed by atoms with Gasteiger partial charge < -0.3 is 14.7 Å². The second kappa shape index (κ2) is 10.8. The molecule has 30 heavy (non-hydrogen) atoms. The van der Waals surface area contributed by atoms with Crippen LogP contribution in [-0.2, 0) is 12.0 Å². The molecular weight excluding hydrogens is 417 g/mol. The van der Waals surface area contributed by atoms with E-state index in [4.69, 9.17) is 16.3 Å². The molecule has 0 spiro atoms. The first-order chi connectivity index (χ1) is 13.9. The number of methoxy groups -OCH3 is 1. The lowest BCUT2D eigenvalue weighted by Crippen LogP contribution is -2.43. The molecule has 1 N–H and O–H groups in total. The molecule has 0 fully saturated rings. The van der Waals surface area contributed by atoms with Gasteiger partial charge in [0.25, 0.3) is 0 Å². The summed E-state index contributed by atoms with van der Waals surface area (Å²) in [6.45, 7) is 0.714. The van der Waals surface area contributed by atoms with E-state index in [2.05, 4.69) is 17.0 Å². The van der Waals surface area contributed by atoms with Gasteiger partial charge >= 0.3 is 0 Å². The standard InChI is InChI=1S/C25H28ClNO2.ClH/c1-27(2)18-22(16-19-8-5-4-6-9-19)25(28,20-12-14-23(26)15-13-20)21-10-7-11-24(17-21)29-3;/h4-15,17,22,28H,16,18H2,1-3H3;1H/t22-,25-;/m0./s1. The van der Waals surface area contributed by atoms with Gasteiger partial charge in [-0.15, -0.1) is 12.4 Å². The Morgan fingerprint density at radius 2 is 1.60 bits per heavy atom. The Kier molecular flexibility index (Phi) is 8.75. The number of aliphatic hydroxyl groups is 1. The number of benzene rings is 3. The fraction of sp³-hybridized carbons (Fsp3) is 0.280. The van der Waals surface area contributed by atoms with Gasteiger partial charge in [-0.1, -0.05) is 66.2 Å². The van der Waals surface area contributed by atoms with Gasteiger partial charge in [0.05, 0.1) is 7.11 Å². The maximum Gasteiger partial charge on any atom is 0.119 e. The average molecular weight is 446 g/mol. The first-order valence-corrected chi connectivity index (χ1v) is 10.1. The van der Waals surface area contributed by atoms with Crippen LogP contribution in [0.1, 0.15) is 16.7 Å². The van der Waals surface area contributed by atoms with Crippen LogP contribution in [0.25, 0.3) is 0 Å². The third-order valence-corrected chi connectivity index (χ3v) is 5.55. The van der Waals surface area contributed by atoms with Crippen LogP contribution in [0.4, 0.5) is 0 Å². The van der Waals surface area contributed by atoms with E-state index in [9.17, 15) is 5.11 Å². The summed E-state index contributed by atoms with van der Waals surface area (Å²) in [4.78, 5) is 2.12. The van der Waals surface area contributed by atoms with Crippen LogP contribution in [0.2, 0.25) is 5.02 Å². The minimum absolute atomic E-state index is 0. The Labute approximate surface area is 190 Å². The Morgan fingerprint density at radius 1 is 0.933 bits per heavy atom. The van der Waals surface area contributed by atoms with Crippen molar-refractivity contribution in [2.75, 3.05) is 27.7 Å². The number of hydrogen-bond donors (Lipinski definition) is 1. The Bertz CT molecular complexity index is 916. The second-order valence-electron chi connectivity index (χ2n) is 7.65. The van der Waals surface area contributed by atoms with E-state index in [0.717, 1.165) is 23.3 Å². The molecule has 0 amide bonds. The van der Waals surface area contributed by atoms with E-state index < -0.39 is 5.60 Å². The van der Waals surface area contributed by atoms with Crippen molar-refractivity contribution >= 4 is 24.0 Å². The fourth-order valence-corrected chi connectivity index (χ4v) is 4.01. The first-order valence-electron chi connectivity index (χ1n) is 9.75. The van der Waals surface area contributed by atoms with E-state index in [1.54, 1.807) is 7.11 Å². The molecule has 0 saturated carbocycles. The van der Waals surface area contributed by atoms with Gasteiger partial charge in [0.1, 0.15) is 11.4 Å². The number of rotatable bonds is 8. The number of halogens is 2. The maximum absolute atomic E-state index is 12.3. The predicted octanol–water partition coefficient (Wildman–Crippen LogP) is 5.43. The van der Waals surface area contributed by atoms with E-state index in [0.29, 0.717) is 11.6 Å². The van der Waals surface area contributed by atoms with E-state index in [1.807, 2.05) is 80.8 Å². The van der Waals surface area contributed by atoms with Crippen LogP contribution in [0.15, 0.2) is 78.9 Å². The maximum atomic E-state index is 12.3. The quantitative estimate of drug-likeness (QED) is 0.501. The summed E-state index contributed by atoms with van der Waals surface area (Å²) < 4.78 is 5.44. The van der Waals surface area contributed by atoms with E-state index in [-0.39, 0.29) is 18.3 Å². The molecular formula is C25H29Cl2NO2. The van der Waals surface area contributed by atoms with Crippen molar-refractivity contribution in [1.82, 2.24) is 4.90 Å². The van der Waals surface area contributed by atoms with Crippen LogP contribution in [-0.4, -0.2) is 37.8 Å². The molecule has 3 aromatic carbocycles. The topological polar surface area (TPSA) is 32.7 Å². The van der Waals surface area contributed by atoms with Crippen LogP contribution in [0.3, 0.4) is 0 Å². The molecule has 3 rings (SSSR count). The Morgan fingerprint density at radius 3 is 2.20 bits per heavy atom. The molecule has 5 heteroatoms. The summed E-state index contributed by atoms with van der Waals surface area (Å²) in [6.07, 6.45) is 0.732. The molecule has 0 aliphatic carbocycles. The lowest BCUT2D eigenvalue weighted by molar-refractivity contribution is 0.00494. The minimum atomic E-state index is -1.21. The summed E-state index contributed by atoms with van der Waals surface area (Å²) in [5.74, 6) is 0.631. The highest BCUT2D eigenvalue weighted by molar-refractivity contribution is 6.30. The highest BCUT2D eigenvalue weighted by Gasteiger charge is 2.40. The molecule has 0 heterocycles. The molecule has 3 aromatic rings. The van der Waals surface area contributed by atoms with Crippen molar-refractivity contribution in [1.29, 1.82) is 0 Å². The average Bonchev–Trinajstić information content (AvgIpc) is 2.73. The SMILES string of the molecule is COc1cccc([C@@](O)(c2ccc(Cl)cc2)[C@@H](Cc2ccccc2)CN(C)C)c1.Cl. The normalized spacial score (nSPS) is 13.9. The summed E-state index contributed by atoms with van der Waals surface area (Å²) in [5, 5.41) is 13.0. The molecule has 0 aliphatic rings. The Hall–Kier alpha value is -2.04. The van der Waals surface area contributed by atoms with Crippen molar-refractivity contribution in [2.24, 2.45) is 5.92 Å². The summed E-state index contributed by atoms with van der Waals surface area (Å²) >= 11 is 6.14. The van der Waals surface area contributed by atoms with E-state index >= 15 is 0 Å². The lowest BCUT2D eigenvalue weighted by atomic mass is 9.73. The van der Waals surface area contributed by atoms with Gasteiger partial charge in [0.2, 0.25) is 0 Å². The molecule has 0 aromatic heterocycles. The number of nitrogens with zero attached hydrogens (tertiary/aromatic N) is 1. The fourth-order valence-electron chi connectivity index (χ4n) is 3.89. The van der Waals surface area contributed by atoms with Crippen LogP contribution < -0.4 is 4.74 Å². The van der Waals surface area contributed by atoms with Crippen LogP contribution >= 0.6 is 24.0 Å². The molecule has 0 aliphatic heterocycles. The molecule has 0 saturated heterocycles. The lowest BCUT2D eigenvalue weighted by Gasteiger charge is -2.39. The second-order valence-corrected chi connectivity index (χ2v) is 8.09. The zero-order valence-corrected chi connectivity index (χ0v) is 19.2. The smallest absolute Gasteiger partial charge is 0.119 e. The highest BCUT2D eigenvalue weighted by atomic mass is 35.5. The summed E-state index contributed by atoms with van der Waals surface area (Å²) in [7, 11) is 5.71. The van der Waals surface area contributed by atoms with Gasteiger partial charge in [0, 0.05) is 17.5 Å². The van der Waals surface area contributed by atoms with Crippen LogP contribution in [0, 0.1) is 5.92 Å². The molecule has 2 atom stereocenters. The zero-order chi connectivity index (χ0) is 20.9. The van der Waals surface area contributed by atoms with Gasteiger partial charge in [-0.25, -0.2) is 0 Å². The van der Waals surface area contributed by atoms with Crippen molar-refractivity contribution in [3.63, 3.8) is 0 Å². The van der Waals surface area contributed by atoms with Gasteiger partial charge in [-0.05, 0) is 61.5 Å². The predicted molar refractivity (Wildman–Crippen MR) is 127 cm³/mol.